The molecule has 148 valence electrons. The fourth-order valence-corrected chi connectivity index (χ4v) is 5.95. The minimum Gasteiger partial charge on any atom is -0.399 e. The van der Waals surface area contributed by atoms with Crippen LogP contribution in [0.3, 0.4) is 0 Å². The molecule has 4 rings (SSSR count). The van der Waals surface area contributed by atoms with E-state index in [1.807, 2.05) is 0 Å². The molecule has 1 fully saturated rings. The average molecular weight is 402 g/mol. The van der Waals surface area contributed by atoms with Crippen LogP contribution in [0.5, 0.6) is 0 Å². The zero-order valence-electron chi connectivity index (χ0n) is 17.6. The van der Waals surface area contributed by atoms with Crippen molar-refractivity contribution in [2.24, 2.45) is 0 Å². The van der Waals surface area contributed by atoms with E-state index in [4.69, 9.17) is 9.31 Å². The standard InChI is InChI=1S/C25H28BO2P/c1-24(2)25(3,4)28-26(27-24)23-18-12-11-13-20(23)19-29(21-14-7-5-8-15-21)22-16-9-6-10-17-22/h5-18H,19H2,1-4H3. The number of hydrogen-bond donors (Lipinski definition) is 0. The third kappa shape index (κ3) is 4.19. The van der Waals surface area contributed by atoms with Gasteiger partial charge in [0.05, 0.1) is 11.2 Å². The van der Waals surface area contributed by atoms with Gasteiger partial charge in [-0.2, -0.15) is 0 Å². The van der Waals surface area contributed by atoms with Crippen LogP contribution in [0, 0.1) is 0 Å². The van der Waals surface area contributed by atoms with Gasteiger partial charge in [0, 0.05) is 6.16 Å². The molecule has 0 N–H and O–H groups in total. The zero-order valence-corrected chi connectivity index (χ0v) is 18.5. The summed E-state index contributed by atoms with van der Waals surface area (Å²) < 4.78 is 12.7. The smallest absolute Gasteiger partial charge is 0.399 e. The lowest BCUT2D eigenvalue weighted by Crippen LogP contribution is -2.41. The van der Waals surface area contributed by atoms with Crippen LogP contribution in [-0.2, 0) is 15.5 Å². The van der Waals surface area contributed by atoms with E-state index in [0.717, 1.165) is 11.6 Å². The van der Waals surface area contributed by atoms with Crippen LogP contribution in [0.4, 0.5) is 0 Å². The van der Waals surface area contributed by atoms with Gasteiger partial charge < -0.3 is 9.31 Å². The topological polar surface area (TPSA) is 18.5 Å². The molecule has 0 unspecified atom stereocenters. The van der Waals surface area contributed by atoms with E-state index in [-0.39, 0.29) is 18.3 Å². The molecule has 1 aliphatic rings. The minimum absolute atomic E-state index is 0.334. The average Bonchev–Trinajstić information content (AvgIpc) is 2.95. The molecular weight excluding hydrogens is 374 g/mol. The predicted molar refractivity (Wildman–Crippen MR) is 125 cm³/mol. The van der Waals surface area contributed by atoms with Crippen molar-refractivity contribution in [1.29, 1.82) is 0 Å². The lowest BCUT2D eigenvalue weighted by molar-refractivity contribution is 0.00578. The van der Waals surface area contributed by atoms with E-state index in [1.165, 1.54) is 16.2 Å². The molecule has 0 bridgehead atoms. The normalized spacial score (nSPS) is 17.6. The largest absolute Gasteiger partial charge is 0.495 e. The Hall–Kier alpha value is -1.93. The maximum atomic E-state index is 6.37. The molecular formula is C25H28BO2P. The van der Waals surface area contributed by atoms with E-state index >= 15 is 0 Å². The van der Waals surface area contributed by atoms with Gasteiger partial charge in [0.2, 0.25) is 0 Å². The van der Waals surface area contributed by atoms with Crippen molar-refractivity contribution in [2.45, 2.75) is 45.1 Å². The van der Waals surface area contributed by atoms with E-state index in [1.54, 1.807) is 0 Å². The third-order valence-corrected chi connectivity index (χ3v) is 8.53. The van der Waals surface area contributed by atoms with E-state index in [0.29, 0.717) is 0 Å². The molecule has 0 amide bonds. The summed E-state index contributed by atoms with van der Waals surface area (Å²) in [5.74, 6) is 0. The molecule has 3 aromatic rings. The second-order valence-corrected chi connectivity index (χ2v) is 10.7. The van der Waals surface area contributed by atoms with Crippen LogP contribution in [0.1, 0.15) is 33.3 Å². The van der Waals surface area contributed by atoms with Crippen molar-refractivity contribution in [1.82, 2.24) is 0 Å². The summed E-state index contributed by atoms with van der Waals surface area (Å²) in [5, 5.41) is 2.77. The van der Waals surface area contributed by atoms with Crippen LogP contribution in [-0.4, -0.2) is 18.3 Å². The van der Waals surface area contributed by atoms with Gasteiger partial charge in [0.15, 0.2) is 0 Å². The molecule has 3 aromatic carbocycles. The fraction of sp³-hybridized carbons (Fsp3) is 0.280. The number of benzene rings is 3. The SMILES string of the molecule is CC1(C)OB(c2ccccc2CP(c2ccccc2)c2ccccc2)OC1(C)C. The zero-order chi connectivity index (χ0) is 20.5. The number of hydrogen-bond acceptors (Lipinski definition) is 2. The Labute approximate surface area is 176 Å². The fourth-order valence-electron chi connectivity index (χ4n) is 3.60. The van der Waals surface area contributed by atoms with Crippen molar-refractivity contribution in [3.63, 3.8) is 0 Å². The highest BCUT2D eigenvalue weighted by Gasteiger charge is 2.52. The summed E-state index contributed by atoms with van der Waals surface area (Å²) in [5.41, 5.74) is 1.76. The molecule has 4 heteroatoms. The van der Waals surface area contributed by atoms with Gasteiger partial charge in [0.1, 0.15) is 0 Å². The summed E-state index contributed by atoms with van der Waals surface area (Å²) >= 11 is 0. The Morgan fingerprint density at radius 1 is 0.655 bits per heavy atom. The molecule has 29 heavy (non-hydrogen) atoms. The second kappa shape index (κ2) is 8.07. The van der Waals surface area contributed by atoms with Gasteiger partial charge in [-0.15, -0.1) is 0 Å². The molecule has 1 aliphatic heterocycles. The Morgan fingerprint density at radius 2 is 1.10 bits per heavy atom. The summed E-state index contributed by atoms with van der Waals surface area (Å²) in [4.78, 5) is 0. The van der Waals surface area contributed by atoms with Crippen LogP contribution in [0.2, 0.25) is 0 Å². The molecule has 0 aliphatic carbocycles. The maximum absolute atomic E-state index is 6.37. The third-order valence-electron chi connectivity index (χ3n) is 6.03. The molecule has 1 saturated heterocycles. The highest BCUT2D eigenvalue weighted by Crippen LogP contribution is 2.39. The summed E-state index contributed by atoms with van der Waals surface area (Å²) in [6.45, 7) is 8.43. The lowest BCUT2D eigenvalue weighted by Gasteiger charge is -2.32. The van der Waals surface area contributed by atoms with E-state index < -0.39 is 7.92 Å². The summed E-state index contributed by atoms with van der Waals surface area (Å²) in [6, 6.07) is 30.3. The summed E-state index contributed by atoms with van der Waals surface area (Å²) in [6.07, 6.45) is 0.962. The van der Waals surface area contributed by atoms with Gasteiger partial charge >= 0.3 is 7.12 Å². The van der Waals surface area contributed by atoms with Crippen LogP contribution < -0.4 is 16.1 Å². The first kappa shape index (κ1) is 20.4. The molecule has 0 aromatic heterocycles. The predicted octanol–water partition coefficient (Wildman–Crippen LogP) is 4.62. The molecule has 0 saturated carbocycles. The van der Waals surface area contributed by atoms with Crippen LogP contribution in [0.25, 0.3) is 0 Å². The van der Waals surface area contributed by atoms with Crippen molar-refractivity contribution in [3.8, 4) is 0 Å². The first-order valence-corrected chi connectivity index (χ1v) is 11.7. The Bertz CT molecular complexity index is 901. The van der Waals surface area contributed by atoms with Crippen molar-refractivity contribution >= 4 is 31.1 Å². The summed E-state index contributed by atoms with van der Waals surface area (Å²) in [7, 11) is -0.850. The molecule has 0 radical (unpaired) electrons. The maximum Gasteiger partial charge on any atom is 0.495 e. The Kier molecular flexibility index (Phi) is 5.66. The lowest BCUT2D eigenvalue weighted by atomic mass is 9.76. The van der Waals surface area contributed by atoms with Gasteiger partial charge in [-0.1, -0.05) is 84.9 Å². The monoisotopic (exact) mass is 402 g/mol. The Balaban J connectivity index is 1.70. The van der Waals surface area contributed by atoms with Gasteiger partial charge in [-0.25, -0.2) is 0 Å². The minimum atomic E-state index is -0.517. The first-order chi connectivity index (χ1) is 13.9. The highest BCUT2D eigenvalue weighted by molar-refractivity contribution is 7.72. The van der Waals surface area contributed by atoms with Gasteiger partial charge in [-0.3, -0.25) is 0 Å². The molecule has 2 nitrogen and oxygen atoms in total. The van der Waals surface area contributed by atoms with Crippen LogP contribution in [0.15, 0.2) is 84.9 Å². The Morgan fingerprint density at radius 3 is 1.62 bits per heavy atom. The van der Waals surface area contributed by atoms with E-state index in [9.17, 15) is 0 Å². The highest BCUT2D eigenvalue weighted by atomic mass is 31.1. The van der Waals surface area contributed by atoms with Crippen LogP contribution >= 0.6 is 7.92 Å². The van der Waals surface area contributed by atoms with E-state index in [2.05, 4.69) is 113 Å². The molecule has 1 heterocycles. The van der Waals surface area contributed by atoms with Gasteiger partial charge in [-0.05, 0) is 57.3 Å². The second-order valence-electron chi connectivity index (χ2n) is 8.54. The van der Waals surface area contributed by atoms with Crippen molar-refractivity contribution in [3.05, 3.63) is 90.5 Å². The van der Waals surface area contributed by atoms with Crippen molar-refractivity contribution < 1.29 is 9.31 Å². The number of rotatable bonds is 5. The molecule has 0 spiro atoms. The molecule has 0 atom stereocenters. The van der Waals surface area contributed by atoms with Crippen molar-refractivity contribution in [2.75, 3.05) is 0 Å². The quantitative estimate of drug-likeness (QED) is 0.458. The first-order valence-electron chi connectivity index (χ1n) is 10.2. The van der Waals surface area contributed by atoms with Gasteiger partial charge in [0.25, 0.3) is 0 Å².